The SMILES string of the molecule is C[C@]12C[C@@H](c3ccccc3F)N[C@H]1CCCCC(=O)N2. The van der Waals surface area contributed by atoms with Crippen LogP contribution in [0.1, 0.15) is 50.6 Å². The molecule has 4 heteroatoms. The zero-order valence-electron chi connectivity index (χ0n) is 11.8. The molecule has 0 saturated carbocycles. The van der Waals surface area contributed by atoms with Crippen molar-refractivity contribution in [1.82, 2.24) is 10.6 Å². The van der Waals surface area contributed by atoms with Crippen molar-refractivity contribution in [2.24, 2.45) is 0 Å². The second-order valence-electron chi connectivity index (χ2n) is 6.21. The van der Waals surface area contributed by atoms with Crippen molar-refractivity contribution < 1.29 is 9.18 Å². The van der Waals surface area contributed by atoms with Crippen LogP contribution in [0.3, 0.4) is 0 Å². The molecule has 3 nitrogen and oxygen atoms in total. The van der Waals surface area contributed by atoms with Gasteiger partial charge in [-0.3, -0.25) is 4.79 Å². The fourth-order valence-electron chi connectivity index (χ4n) is 3.56. The number of carbonyl (C=O) groups is 1. The normalized spacial score (nSPS) is 34.0. The molecule has 108 valence electrons. The number of rotatable bonds is 1. The number of fused-ring (bicyclic) bond motifs is 1. The average Bonchev–Trinajstić information content (AvgIpc) is 2.69. The van der Waals surface area contributed by atoms with Crippen LogP contribution in [0.15, 0.2) is 24.3 Å². The van der Waals surface area contributed by atoms with Gasteiger partial charge < -0.3 is 10.6 Å². The summed E-state index contributed by atoms with van der Waals surface area (Å²) in [4.78, 5) is 11.9. The lowest BCUT2D eigenvalue weighted by atomic mass is 9.85. The molecule has 3 rings (SSSR count). The van der Waals surface area contributed by atoms with E-state index < -0.39 is 0 Å². The summed E-state index contributed by atoms with van der Waals surface area (Å²) < 4.78 is 14.0. The minimum absolute atomic E-state index is 0.0235. The fourth-order valence-corrected chi connectivity index (χ4v) is 3.56. The van der Waals surface area contributed by atoms with Crippen molar-refractivity contribution in [3.05, 3.63) is 35.6 Å². The van der Waals surface area contributed by atoms with Crippen molar-refractivity contribution >= 4 is 5.91 Å². The van der Waals surface area contributed by atoms with Crippen molar-refractivity contribution in [3.8, 4) is 0 Å². The summed E-state index contributed by atoms with van der Waals surface area (Å²) in [5, 5.41) is 6.68. The van der Waals surface area contributed by atoms with Crippen LogP contribution < -0.4 is 10.6 Å². The number of benzene rings is 1. The molecule has 1 aromatic rings. The van der Waals surface area contributed by atoms with Crippen LogP contribution >= 0.6 is 0 Å². The Morgan fingerprint density at radius 1 is 1.30 bits per heavy atom. The van der Waals surface area contributed by atoms with E-state index in [0.717, 1.165) is 25.7 Å². The first-order valence-corrected chi connectivity index (χ1v) is 7.40. The molecule has 20 heavy (non-hydrogen) atoms. The van der Waals surface area contributed by atoms with Crippen LogP contribution in [0, 0.1) is 5.82 Å². The highest BCUT2D eigenvalue weighted by molar-refractivity contribution is 5.77. The van der Waals surface area contributed by atoms with Gasteiger partial charge in [0, 0.05) is 24.1 Å². The Labute approximate surface area is 118 Å². The first-order chi connectivity index (χ1) is 9.58. The largest absolute Gasteiger partial charge is 0.349 e. The Morgan fingerprint density at radius 3 is 2.90 bits per heavy atom. The van der Waals surface area contributed by atoms with E-state index in [9.17, 15) is 9.18 Å². The summed E-state index contributed by atoms with van der Waals surface area (Å²) in [7, 11) is 0. The summed E-state index contributed by atoms with van der Waals surface area (Å²) in [6.07, 6.45) is 4.36. The highest BCUT2D eigenvalue weighted by atomic mass is 19.1. The van der Waals surface area contributed by atoms with Gasteiger partial charge in [0.1, 0.15) is 5.82 Å². The third kappa shape index (κ3) is 2.44. The summed E-state index contributed by atoms with van der Waals surface area (Å²) in [6, 6.07) is 7.10. The molecule has 2 saturated heterocycles. The molecule has 2 aliphatic heterocycles. The predicted molar refractivity (Wildman–Crippen MR) is 75.7 cm³/mol. The van der Waals surface area contributed by atoms with Gasteiger partial charge in [-0.1, -0.05) is 24.6 Å². The lowest BCUT2D eigenvalue weighted by Gasteiger charge is -2.34. The maximum Gasteiger partial charge on any atom is 0.220 e. The molecule has 0 aliphatic carbocycles. The highest BCUT2D eigenvalue weighted by Crippen LogP contribution is 2.37. The molecular formula is C16H21FN2O. The Kier molecular flexibility index (Phi) is 3.50. The molecule has 2 fully saturated rings. The Balaban J connectivity index is 1.85. The molecule has 2 N–H and O–H groups in total. The summed E-state index contributed by atoms with van der Waals surface area (Å²) in [5.41, 5.74) is 0.430. The standard InChI is InChI=1S/C16H21FN2O/c1-16-10-13(11-6-2-3-7-12(11)17)18-14(16)8-4-5-9-15(20)19-16/h2-3,6-7,13-14,18H,4-5,8-10H2,1H3,(H,19,20)/t13-,14-,16-/m0/s1. The molecule has 1 amide bonds. The van der Waals surface area contributed by atoms with Crippen LogP contribution in [-0.4, -0.2) is 17.5 Å². The van der Waals surface area contributed by atoms with E-state index in [0.29, 0.717) is 12.0 Å². The van der Waals surface area contributed by atoms with Crippen LogP contribution in [-0.2, 0) is 4.79 Å². The van der Waals surface area contributed by atoms with Gasteiger partial charge in [-0.05, 0) is 32.3 Å². The monoisotopic (exact) mass is 276 g/mol. The number of halogens is 1. The molecule has 0 bridgehead atoms. The van der Waals surface area contributed by atoms with E-state index in [2.05, 4.69) is 17.6 Å². The summed E-state index contributed by atoms with van der Waals surface area (Å²) in [6.45, 7) is 2.08. The van der Waals surface area contributed by atoms with E-state index in [-0.39, 0.29) is 29.3 Å². The third-order valence-corrected chi connectivity index (χ3v) is 4.65. The van der Waals surface area contributed by atoms with E-state index in [1.807, 2.05) is 12.1 Å². The van der Waals surface area contributed by atoms with Gasteiger partial charge in [0.15, 0.2) is 0 Å². The first-order valence-electron chi connectivity index (χ1n) is 7.40. The van der Waals surface area contributed by atoms with Gasteiger partial charge in [0.2, 0.25) is 5.91 Å². The zero-order valence-corrected chi connectivity index (χ0v) is 11.8. The van der Waals surface area contributed by atoms with Crippen molar-refractivity contribution in [2.45, 2.75) is 56.7 Å². The van der Waals surface area contributed by atoms with Crippen molar-refractivity contribution in [2.75, 3.05) is 0 Å². The third-order valence-electron chi connectivity index (χ3n) is 4.65. The van der Waals surface area contributed by atoms with Gasteiger partial charge in [-0.15, -0.1) is 0 Å². The number of nitrogens with one attached hydrogen (secondary N) is 2. The molecule has 0 spiro atoms. The maximum absolute atomic E-state index is 14.0. The zero-order chi connectivity index (χ0) is 14.2. The quantitative estimate of drug-likeness (QED) is 0.828. The molecule has 3 atom stereocenters. The molecule has 0 radical (unpaired) electrons. The van der Waals surface area contributed by atoms with Crippen molar-refractivity contribution in [1.29, 1.82) is 0 Å². The van der Waals surface area contributed by atoms with Gasteiger partial charge in [0.05, 0.1) is 5.54 Å². The maximum atomic E-state index is 14.0. The van der Waals surface area contributed by atoms with E-state index >= 15 is 0 Å². The molecule has 0 unspecified atom stereocenters. The first kappa shape index (κ1) is 13.6. The fraction of sp³-hybridized carbons (Fsp3) is 0.562. The summed E-state index contributed by atoms with van der Waals surface area (Å²) in [5.74, 6) is -0.0533. The minimum Gasteiger partial charge on any atom is -0.349 e. The van der Waals surface area contributed by atoms with Gasteiger partial charge in [-0.25, -0.2) is 4.39 Å². The van der Waals surface area contributed by atoms with E-state index in [1.54, 1.807) is 6.07 Å². The molecule has 0 aromatic heterocycles. The van der Waals surface area contributed by atoms with E-state index in [1.165, 1.54) is 6.07 Å². The molecule has 2 aliphatic rings. The smallest absolute Gasteiger partial charge is 0.220 e. The number of hydrogen-bond donors (Lipinski definition) is 2. The molecular weight excluding hydrogens is 255 g/mol. The lowest BCUT2D eigenvalue weighted by molar-refractivity contribution is -0.123. The molecule has 1 aromatic carbocycles. The number of carbonyl (C=O) groups excluding carboxylic acids is 1. The van der Waals surface area contributed by atoms with E-state index in [4.69, 9.17) is 0 Å². The topological polar surface area (TPSA) is 41.1 Å². The lowest BCUT2D eigenvalue weighted by Crippen LogP contribution is -2.54. The average molecular weight is 276 g/mol. The highest BCUT2D eigenvalue weighted by Gasteiger charge is 2.45. The number of hydrogen-bond acceptors (Lipinski definition) is 2. The second-order valence-corrected chi connectivity index (χ2v) is 6.21. The number of amides is 1. The van der Waals surface area contributed by atoms with Crippen LogP contribution in [0.4, 0.5) is 4.39 Å². The van der Waals surface area contributed by atoms with Crippen molar-refractivity contribution in [3.63, 3.8) is 0 Å². The van der Waals surface area contributed by atoms with Crippen LogP contribution in [0.2, 0.25) is 0 Å². The predicted octanol–water partition coefficient (Wildman–Crippen LogP) is 2.68. The Hall–Kier alpha value is -1.42. The second kappa shape index (κ2) is 5.17. The van der Waals surface area contributed by atoms with Gasteiger partial charge in [0.25, 0.3) is 0 Å². The van der Waals surface area contributed by atoms with Crippen LogP contribution in [0.25, 0.3) is 0 Å². The minimum atomic E-state index is -0.273. The Bertz CT molecular complexity index is 519. The van der Waals surface area contributed by atoms with Crippen LogP contribution in [0.5, 0.6) is 0 Å². The summed E-state index contributed by atoms with van der Waals surface area (Å²) >= 11 is 0. The Morgan fingerprint density at radius 2 is 2.10 bits per heavy atom. The van der Waals surface area contributed by atoms with Gasteiger partial charge >= 0.3 is 0 Å². The van der Waals surface area contributed by atoms with Gasteiger partial charge in [-0.2, -0.15) is 0 Å². The molecule has 2 heterocycles.